The lowest BCUT2D eigenvalue weighted by Crippen LogP contribution is -2.49. The number of aliphatic hydroxyl groups is 2. The largest absolute Gasteiger partial charge is 0.467 e. The summed E-state index contributed by atoms with van der Waals surface area (Å²) in [6.07, 6.45) is -0.281. The molecule has 4 rings (SSSR count). The van der Waals surface area contributed by atoms with E-state index in [1.54, 1.807) is 12.1 Å². The van der Waals surface area contributed by atoms with Gasteiger partial charge in [-0.2, -0.15) is 5.26 Å². The van der Waals surface area contributed by atoms with Crippen molar-refractivity contribution in [2.75, 3.05) is 6.54 Å². The highest BCUT2D eigenvalue weighted by Gasteiger charge is 2.60. The van der Waals surface area contributed by atoms with E-state index in [0.717, 1.165) is 5.56 Å². The molecule has 2 aliphatic heterocycles. The van der Waals surface area contributed by atoms with Gasteiger partial charge >= 0.3 is 5.88 Å². The van der Waals surface area contributed by atoms with E-state index in [1.807, 2.05) is 42.5 Å². The summed E-state index contributed by atoms with van der Waals surface area (Å²) in [6, 6.07) is 17.9. The minimum absolute atomic E-state index is 0.0344. The number of nitriles is 1. The SMILES string of the molecule is N#Cc1ccc(C[N+]23CC(O)CC2C(=O)C(c2ccccc2)=C3O)cc1. The summed E-state index contributed by atoms with van der Waals surface area (Å²) in [5, 5.41) is 30.2. The van der Waals surface area contributed by atoms with Crippen molar-refractivity contribution in [3.63, 3.8) is 0 Å². The van der Waals surface area contributed by atoms with Crippen LogP contribution in [0.4, 0.5) is 0 Å². The first-order valence-electron chi connectivity index (χ1n) is 8.62. The molecular weight excluding hydrogens is 328 g/mol. The van der Waals surface area contributed by atoms with Crippen LogP contribution in [-0.4, -0.2) is 39.2 Å². The fourth-order valence-corrected chi connectivity index (χ4v) is 4.24. The van der Waals surface area contributed by atoms with E-state index in [0.29, 0.717) is 36.2 Å². The average molecular weight is 347 g/mol. The van der Waals surface area contributed by atoms with E-state index in [-0.39, 0.29) is 16.1 Å². The number of Topliss-reactive ketones (excluding diaryl/α,β-unsaturated/α-hetero) is 1. The zero-order chi connectivity index (χ0) is 18.3. The van der Waals surface area contributed by atoms with Crippen LogP contribution in [0.15, 0.2) is 60.5 Å². The van der Waals surface area contributed by atoms with Crippen LogP contribution in [0.3, 0.4) is 0 Å². The summed E-state index contributed by atoms with van der Waals surface area (Å²) >= 11 is 0. The Labute approximate surface area is 151 Å². The molecule has 1 saturated heterocycles. The standard InChI is InChI=1S/C21H18N2O3/c22-11-14-6-8-15(9-7-14)12-23-13-17(24)10-18(23)20(25)19(21(23)26)16-4-2-1-3-5-16/h1-9,17-18,24H,10,12-13H2/p+1. The molecule has 0 radical (unpaired) electrons. The Morgan fingerprint density at radius 3 is 2.46 bits per heavy atom. The summed E-state index contributed by atoms with van der Waals surface area (Å²) in [6.45, 7) is 0.708. The van der Waals surface area contributed by atoms with E-state index in [4.69, 9.17) is 5.26 Å². The van der Waals surface area contributed by atoms with Gasteiger partial charge in [0.1, 0.15) is 24.8 Å². The molecule has 0 spiro atoms. The van der Waals surface area contributed by atoms with Crippen molar-refractivity contribution < 1.29 is 19.5 Å². The van der Waals surface area contributed by atoms with E-state index < -0.39 is 12.1 Å². The van der Waals surface area contributed by atoms with Crippen LogP contribution in [0.25, 0.3) is 5.57 Å². The molecule has 3 unspecified atom stereocenters. The van der Waals surface area contributed by atoms with Gasteiger partial charge in [-0.1, -0.05) is 42.5 Å². The molecule has 0 aliphatic carbocycles. The highest BCUT2D eigenvalue weighted by Crippen LogP contribution is 2.45. The summed E-state index contributed by atoms with van der Waals surface area (Å²) in [5.74, 6) is -0.0778. The van der Waals surface area contributed by atoms with Gasteiger partial charge in [-0.15, -0.1) is 0 Å². The first kappa shape index (κ1) is 16.5. The Morgan fingerprint density at radius 2 is 1.81 bits per heavy atom. The first-order chi connectivity index (χ1) is 12.5. The molecule has 2 aliphatic rings. The second-order valence-corrected chi connectivity index (χ2v) is 7.02. The predicted octanol–water partition coefficient (Wildman–Crippen LogP) is 2.52. The fraction of sp³-hybridized carbons (Fsp3) is 0.238. The summed E-state index contributed by atoms with van der Waals surface area (Å²) in [5.41, 5.74) is 2.54. The van der Waals surface area contributed by atoms with Crippen molar-refractivity contribution in [1.82, 2.24) is 0 Å². The van der Waals surface area contributed by atoms with E-state index in [1.165, 1.54) is 0 Å². The van der Waals surface area contributed by atoms with Crippen molar-refractivity contribution in [3.8, 4) is 6.07 Å². The number of carbonyl (C=O) groups is 1. The van der Waals surface area contributed by atoms with Gasteiger partial charge in [-0.05, 0) is 17.7 Å². The number of carbonyl (C=O) groups excluding carboxylic acids is 1. The third kappa shape index (κ3) is 2.43. The molecule has 5 heteroatoms. The molecule has 0 bridgehead atoms. The molecule has 2 heterocycles. The number of aliphatic hydroxyl groups excluding tert-OH is 2. The number of fused-ring (bicyclic) bond motifs is 1. The molecule has 0 saturated carbocycles. The van der Waals surface area contributed by atoms with E-state index >= 15 is 0 Å². The Balaban J connectivity index is 1.79. The third-order valence-corrected chi connectivity index (χ3v) is 5.43. The zero-order valence-electron chi connectivity index (χ0n) is 14.2. The maximum Gasteiger partial charge on any atom is 0.302 e. The molecule has 3 atom stereocenters. The van der Waals surface area contributed by atoms with Crippen molar-refractivity contribution in [1.29, 1.82) is 5.26 Å². The van der Waals surface area contributed by atoms with Crippen molar-refractivity contribution in [3.05, 3.63) is 77.2 Å². The Morgan fingerprint density at radius 1 is 1.12 bits per heavy atom. The second-order valence-electron chi connectivity index (χ2n) is 7.02. The smallest absolute Gasteiger partial charge is 0.302 e. The fourth-order valence-electron chi connectivity index (χ4n) is 4.24. The lowest BCUT2D eigenvalue weighted by atomic mass is 9.99. The lowest BCUT2D eigenvalue weighted by molar-refractivity contribution is -0.918. The Hall–Kier alpha value is -2.94. The van der Waals surface area contributed by atoms with Gasteiger partial charge in [0.2, 0.25) is 5.78 Å². The molecule has 26 heavy (non-hydrogen) atoms. The molecule has 0 aromatic heterocycles. The zero-order valence-corrected chi connectivity index (χ0v) is 14.2. The van der Waals surface area contributed by atoms with Crippen LogP contribution in [0, 0.1) is 11.3 Å². The summed E-state index contributed by atoms with van der Waals surface area (Å²) in [4.78, 5) is 13.1. The normalized spacial score (nSPS) is 27.5. The van der Waals surface area contributed by atoms with E-state index in [2.05, 4.69) is 6.07 Å². The topological polar surface area (TPSA) is 81.3 Å². The quantitative estimate of drug-likeness (QED) is 0.836. The van der Waals surface area contributed by atoms with Crippen LogP contribution in [0.1, 0.15) is 23.1 Å². The first-order valence-corrected chi connectivity index (χ1v) is 8.62. The third-order valence-electron chi connectivity index (χ3n) is 5.43. The Kier molecular flexibility index (Phi) is 3.87. The van der Waals surface area contributed by atoms with Crippen LogP contribution in [0.2, 0.25) is 0 Å². The maximum atomic E-state index is 13.1. The van der Waals surface area contributed by atoms with Gasteiger partial charge in [0.15, 0.2) is 6.04 Å². The highest BCUT2D eigenvalue weighted by atomic mass is 16.3. The summed E-state index contributed by atoms with van der Waals surface area (Å²) in [7, 11) is 0. The molecule has 2 aromatic rings. The van der Waals surface area contributed by atoms with Gasteiger partial charge < -0.3 is 10.2 Å². The number of quaternary nitrogens is 1. The molecular formula is C21H19N2O3+. The van der Waals surface area contributed by atoms with Crippen molar-refractivity contribution >= 4 is 11.4 Å². The van der Waals surface area contributed by atoms with Gasteiger partial charge in [0.25, 0.3) is 0 Å². The number of rotatable bonds is 3. The lowest BCUT2D eigenvalue weighted by Gasteiger charge is -2.32. The van der Waals surface area contributed by atoms with Crippen LogP contribution < -0.4 is 0 Å². The van der Waals surface area contributed by atoms with Gasteiger partial charge in [0.05, 0.1) is 11.6 Å². The van der Waals surface area contributed by atoms with Crippen LogP contribution >= 0.6 is 0 Å². The van der Waals surface area contributed by atoms with Gasteiger partial charge in [-0.3, -0.25) is 4.79 Å². The van der Waals surface area contributed by atoms with Crippen molar-refractivity contribution in [2.45, 2.75) is 25.1 Å². The molecule has 5 nitrogen and oxygen atoms in total. The average Bonchev–Trinajstić information content (AvgIpc) is 3.08. The molecule has 2 N–H and O–H groups in total. The maximum absolute atomic E-state index is 13.1. The number of hydrogen-bond donors (Lipinski definition) is 2. The molecule has 130 valence electrons. The number of hydrogen-bond acceptors (Lipinski definition) is 4. The Bertz CT molecular complexity index is 928. The molecule has 0 amide bonds. The van der Waals surface area contributed by atoms with Crippen molar-refractivity contribution in [2.24, 2.45) is 0 Å². The van der Waals surface area contributed by atoms with Crippen LogP contribution in [0.5, 0.6) is 0 Å². The minimum Gasteiger partial charge on any atom is -0.467 e. The number of ketones is 1. The monoisotopic (exact) mass is 347 g/mol. The van der Waals surface area contributed by atoms with Crippen LogP contribution in [-0.2, 0) is 11.3 Å². The second kappa shape index (κ2) is 6.10. The van der Waals surface area contributed by atoms with Gasteiger partial charge in [-0.25, -0.2) is 4.48 Å². The molecule has 1 fully saturated rings. The molecule has 2 aromatic carbocycles. The number of benzene rings is 2. The van der Waals surface area contributed by atoms with E-state index in [9.17, 15) is 15.0 Å². The summed E-state index contributed by atoms with van der Waals surface area (Å²) < 4.78 is 0.0517. The minimum atomic E-state index is -0.623. The number of nitrogens with zero attached hydrogens (tertiary/aromatic N) is 2. The highest BCUT2D eigenvalue weighted by molar-refractivity contribution is 6.24. The predicted molar refractivity (Wildman–Crippen MR) is 95.4 cm³/mol. The van der Waals surface area contributed by atoms with Gasteiger partial charge in [0, 0.05) is 12.0 Å².